The van der Waals surface area contributed by atoms with Crippen LogP contribution in [0.1, 0.15) is 0 Å². The van der Waals surface area contributed by atoms with Crippen molar-refractivity contribution < 1.29 is 14.2 Å². The van der Waals surface area contributed by atoms with Crippen molar-refractivity contribution >= 4 is 63.0 Å². The minimum Gasteiger partial charge on any atom is -0.382 e. The van der Waals surface area contributed by atoms with Crippen molar-refractivity contribution in [2.75, 3.05) is 40.6 Å². The van der Waals surface area contributed by atoms with E-state index in [-0.39, 0.29) is 10.9 Å². The van der Waals surface area contributed by atoms with Crippen LogP contribution >= 0.6 is 22.7 Å². The Hall–Kier alpha value is -3.46. The standard InChI is InChI=1S/2C13H8OS.C6H14O3/c2*14-13-9-5-1-3-7-11(9)15-12-8-4-2-6-10(12)13;1-7-3-5-9-6-4-8-2/h2*1-8H;3-6H2,1-2H3. The molecule has 2 aromatic heterocycles. The van der Waals surface area contributed by atoms with Gasteiger partial charge in [-0.05, 0) is 48.5 Å². The van der Waals surface area contributed by atoms with Crippen LogP contribution in [0.4, 0.5) is 0 Å². The Kier molecular flexibility index (Phi) is 10.7. The molecule has 6 rings (SSSR count). The lowest BCUT2D eigenvalue weighted by atomic mass is 10.2. The van der Waals surface area contributed by atoms with E-state index in [0.717, 1.165) is 40.3 Å². The topological polar surface area (TPSA) is 61.8 Å². The van der Waals surface area contributed by atoms with E-state index in [9.17, 15) is 9.59 Å². The third kappa shape index (κ3) is 7.35. The summed E-state index contributed by atoms with van der Waals surface area (Å²) in [4.78, 5) is 24.2. The lowest BCUT2D eigenvalue weighted by Crippen LogP contribution is -2.06. The van der Waals surface area contributed by atoms with Crippen LogP contribution in [0.15, 0.2) is 107 Å². The first kappa shape index (κ1) is 28.5. The van der Waals surface area contributed by atoms with Gasteiger partial charge in [-0.15, -0.1) is 22.7 Å². The summed E-state index contributed by atoms with van der Waals surface area (Å²) < 4.78 is 18.8. The molecule has 0 unspecified atom stereocenters. The molecule has 0 N–H and O–H groups in total. The first-order valence-electron chi connectivity index (χ1n) is 12.5. The Morgan fingerprint density at radius 1 is 0.462 bits per heavy atom. The highest BCUT2D eigenvalue weighted by Gasteiger charge is 2.04. The second kappa shape index (κ2) is 14.6. The second-order valence-corrected chi connectivity index (χ2v) is 10.6. The third-order valence-corrected chi connectivity index (χ3v) is 8.13. The molecule has 0 bridgehead atoms. The van der Waals surface area contributed by atoms with Gasteiger partial charge in [0.15, 0.2) is 10.9 Å². The summed E-state index contributed by atoms with van der Waals surface area (Å²) >= 11 is 3.33. The third-order valence-electron chi connectivity index (χ3n) is 5.83. The van der Waals surface area contributed by atoms with Crippen LogP contribution in [-0.4, -0.2) is 40.6 Å². The van der Waals surface area contributed by atoms with Crippen molar-refractivity contribution in [2.24, 2.45) is 0 Å². The zero-order valence-electron chi connectivity index (χ0n) is 21.9. The van der Waals surface area contributed by atoms with Gasteiger partial charge in [-0.25, -0.2) is 0 Å². The molecule has 0 saturated carbocycles. The van der Waals surface area contributed by atoms with Gasteiger partial charge in [0.25, 0.3) is 0 Å². The van der Waals surface area contributed by atoms with Crippen molar-refractivity contribution in [1.82, 2.24) is 0 Å². The molecule has 0 saturated heterocycles. The number of benzene rings is 4. The zero-order chi connectivity index (χ0) is 27.5. The van der Waals surface area contributed by atoms with Gasteiger partial charge in [0.1, 0.15) is 0 Å². The summed E-state index contributed by atoms with van der Waals surface area (Å²) in [5, 5.41) is 3.28. The molecule has 7 heteroatoms. The van der Waals surface area contributed by atoms with Gasteiger partial charge in [0.2, 0.25) is 0 Å². The number of methoxy groups -OCH3 is 2. The van der Waals surface area contributed by atoms with E-state index in [0.29, 0.717) is 26.4 Å². The van der Waals surface area contributed by atoms with Gasteiger partial charge in [-0.3, -0.25) is 9.59 Å². The van der Waals surface area contributed by atoms with Crippen molar-refractivity contribution in [3.05, 3.63) is 118 Å². The fourth-order valence-corrected chi connectivity index (χ4v) is 6.03. The largest absolute Gasteiger partial charge is 0.382 e. The van der Waals surface area contributed by atoms with Crippen LogP contribution in [0.3, 0.4) is 0 Å². The molecule has 0 aliphatic heterocycles. The number of fused-ring (bicyclic) bond motifs is 4. The van der Waals surface area contributed by atoms with Crippen LogP contribution in [0.5, 0.6) is 0 Å². The summed E-state index contributed by atoms with van der Waals surface area (Å²) in [7, 11) is 3.30. The molecule has 4 aromatic carbocycles. The van der Waals surface area contributed by atoms with Crippen LogP contribution in [0.25, 0.3) is 40.3 Å². The Bertz CT molecular complexity index is 1530. The van der Waals surface area contributed by atoms with Gasteiger partial charge in [-0.1, -0.05) is 48.5 Å². The number of hydrogen-bond acceptors (Lipinski definition) is 7. The van der Waals surface area contributed by atoms with Crippen LogP contribution in [0, 0.1) is 0 Å². The molecular weight excluding hydrogens is 528 g/mol. The molecule has 0 atom stereocenters. The predicted molar refractivity (Wildman–Crippen MR) is 166 cm³/mol. The highest BCUT2D eigenvalue weighted by atomic mass is 32.1. The van der Waals surface area contributed by atoms with E-state index in [2.05, 4.69) is 0 Å². The first-order valence-corrected chi connectivity index (χ1v) is 14.1. The highest BCUT2D eigenvalue weighted by Crippen LogP contribution is 2.24. The Morgan fingerprint density at radius 2 is 0.744 bits per heavy atom. The predicted octanol–water partition coefficient (Wildman–Crippen LogP) is 7.13. The van der Waals surface area contributed by atoms with Gasteiger partial charge in [0, 0.05) is 54.6 Å². The fourth-order valence-electron chi connectivity index (χ4n) is 3.89. The SMILES string of the molecule is COCCOCCOC.O=c1c2ccccc2sc2ccccc12.O=c1c2ccccc2sc2ccccc12. The quantitative estimate of drug-likeness (QED) is 0.161. The fraction of sp³-hybridized carbons (Fsp3) is 0.188. The lowest BCUT2D eigenvalue weighted by molar-refractivity contribution is 0.0385. The second-order valence-electron chi connectivity index (χ2n) is 8.44. The van der Waals surface area contributed by atoms with Crippen LogP contribution in [0.2, 0.25) is 0 Å². The average Bonchev–Trinajstić information content (AvgIpc) is 2.98. The van der Waals surface area contributed by atoms with E-state index in [1.165, 1.54) is 0 Å². The summed E-state index contributed by atoms with van der Waals surface area (Å²) in [6, 6.07) is 31.0. The number of ether oxygens (including phenoxy) is 3. The number of hydrogen-bond donors (Lipinski definition) is 0. The first-order chi connectivity index (χ1) is 19.1. The van der Waals surface area contributed by atoms with Gasteiger partial charge >= 0.3 is 0 Å². The van der Waals surface area contributed by atoms with E-state index in [1.807, 2.05) is 97.1 Å². The smallest absolute Gasteiger partial charge is 0.195 e. The molecule has 200 valence electrons. The normalized spacial score (nSPS) is 10.7. The molecule has 0 spiro atoms. The Labute approximate surface area is 234 Å². The van der Waals surface area contributed by atoms with E-state index in [1.54, 1.807) is 36.9 Å². The summed E-state index contributed by atoms with van der Waals surface area (Å²) in [6.45, 7) is 2.62. The van der Waals surface area contributed by atoms with E-state index < -0.39 is 0 Å². The van der Waals surface area contributed by atoms with Gasteiger partial charge < -0.3 is 14.2 Å². The molecule has 0 aliphatic rings. The van der Waals surface area contributed by atoms with Crippen LogP contribution < -0.4 is 10.9 Å². The van der Waals surface area contributed by atoms with Crippen molar-refractivity contribution in [1.29, 1.82) is 0 Å². The lowest BCUT2D eigenvalue weighted by Gasteiger charge is -2.00. The molecule has 39 heavy (non-hydrogen) atoms. The minimum atomic E-state index is 0.139. The molecule has 2 heterocycles. The molecule has 0 amide bonds. The maximum atomic E-state index is 12.1. The molecule has 0 fully saturated rings. The zero-order valence-corrected chi connectivity index (χ0v) is 23.6. The van der Waals surface area contributed by atoms with Crippen molar-refractivity contribution in [3.63, 3.8) is 0 Å². The molecule has 0 aliphatic carbocycles. The van der Waals surface area contributed by atoms with Crippen molar-refractivity contribution in [2.45, 2.75) is 0 Å². The Morgan fingerprint density at radius 3 is 1.03 bits per heavy atom. The maximum absolute atomic E-state index is 12.1. The van der Waals surface area contributed by atoms with Crippen molar-refractivity contribution in [3.8, 4) is 0 Å². The Balaban J connectivity index is 0.000000141. The van der Waals surface area contributed by atoms with E-state index >= 15 is 0 Å². The highest BCUT2D eigenvalue weighted by molar-refractivity contribution is 7.24. The molecule has 6 aromatic rings. The minimum absolute atomic E-state index is 0.139. The maximum Gasteiger partial charge on any atom is 0.195 e. The number of rotatable bonds is 6. The summed E-state index contributed by atoms with van der Waals surface area (Å²) in [6.07, 6.45) is 0. The monoisotopic (exact) mass is 558 g/mol. The van der Waals surface area contributed by atoms with E-state index in [4.69, 9.17) is 14.2 Å². The van der Waals surface area contributed by atoms with Gasteiger partial charge in [-0.2, -0.15) is 0 Å². The summed E-state index contributed by atoms with van der Waals surface area (Å²) in [5.74, 6) is 0. The molecule has 5 nitrogen and oxygen atoms in total. The average molecular weight is 559 g/mol. The summed E-state index contributed by atoms with van der Waals surface area (Å²) in [5.41, 5.74) is 0.278. The van der Waals surface area contributed by atoms with Gasteiger partial charge in [0.05, 0.1) is 26.4 Å². The molecular formula is C32H30O5S2. The van der Waals surface area contributed by atoms with Crippen LogP contribution in [-0.2, 0) is 14.2 Å². The molecule has 0 radical (unpaired) electrons.